The van der Waals surface area contributed by atoms with Crippen LogP contribution in [-0.4, -0.2) is 46.1 Å². The molecule has 2 heterocycles. The maximum absolute atomic E-state index is 13.7. The molecule has 0 bridgehead atoms. The fraction of sp³-hybridized carbons (Fsp3) is 0.227. The molecular formula is C22H23N5O5S2. The molecule has 3 rings (SSSR count). The molecule has 2 aromatic heterocycles. The third kappa shape index (κ3) is 5.77. The van der Waals surface area contributed by atoms with E-state index in [2.05, 4.69) is 9.69 Å². The molecule has 5 N–H and O–H groups in total. The van der Waals surface area contributed by atoms with Gasteiger partial charge in [-0.25, -0.2) is 0 Å². The molecule has 10 nitrogen and oxygen atoms in total. The number of nitrogens with two attached hydrogens (primary N) is 2. The van der Waals surface area contributed by atoms with Gasteiger partial charge >= 0.3 is 5.97 Å². The van der Waals surface area contributed by atoms with Gasteiger partial charge in [-0.1, -0.05) is 36.4 Å². The van der Waals surface area contributed by atoms with Gasteiger partial charge in [0, 0.05) is 11.4 Å². The van der Waals surface area contributed by atoms with E-state index in [4.69, 9.17) is 16.2 Å². The van der Waals surface area contributed by atoms with Crippen molar-refractivity contribution in [2.45, 2.75) is 19.5 Å². The highest BCUT2D eigenvalue weighted by atomic mass is 32.1. The normalized spacial score (nSPS) is 11.4. The molecule has 1 atom stereocenters. The van der Waals surface area contributed by atoms with Crippen LogP contribution in [0.15, 0.2) is 47.8 Å². The van der Waals surface area contributed by atoms with Gasteiger partial charge < -0.3 is 26.4 Å². The van der Waals surface area contributed by atoms with Gasteiger partial charge in [-0.05, 0) is 35.5 Å². The minimum atomic E-state index is -1.08. The number of hydrogen-bond donors (Lipinski definition) is 3. The van der Waals surface area contributed by atoms with Crippen LogP contribution < -0.4 is 16.8 Å². The predicted octanol–water partition coefficient (Wildman–Crippen LogP) is 1.95. The zero-order chi connectivity index (χ0) is 24.7. The van der Waals surface area contributed by atoms with Crippen molar-refractivity contribution in [1.82, 2.24) is 14.6 Å². The molecule has 0 saturated heterocycles. The van der Waals surface area contributed by atoms with Crippen LogP contribution in [0.3, 0.4) is 0 Å². The lowest BCUT2D eigenvalue weighted by Gasteiger charge is -2.30. The Balaban J connectivity index is 2.02. The highest BCUT2D eigenvalue weighted by molar-refractivity contribution is 7.10. The Kier molecular flexibility index (Phi) is 8.33. The van der Waals surface area contributed by atoms with Crippen molar-refractivity contribution < 1.29 is 23.9 Å². The van der Waals surface area contributed by atoms with Crippen LogP contribution in [0.5, 0.6) is 0 Å². The van der Waals surface area contributed by atoms with Gasteiger partial charge in [0.1, 0.15) is 17.5 Å². The number of amides is 3. The molecule has 12 heteroatoms. The molecule has 0 spiro atoms. The number of anilines is 1. The Morgan fingerprint density at radius 3 is 2.47 bits per heavy atom. The largest absolute Gasteiger partial charge is 0.465 e. The lowest BCUT2D eigenvalue weighted by molar-refractivity contribution is -0.143. The summed E-state index contributed by atoms with van der Waals surface area (Å²) in [5, 5.41) is 4.32. The molecule has 0 aliphatic rings. The SMILES string of the molecule is CCOC(=O)CNC(=O)[C@@H](c1cccs1)N(Cc1ccccc1)C(=O)c1snc(C(N)=O)c1N. The van der Waals surface area contributed by atoms with E-state index in [1.54, 1.807) is 24.4 Å². The van der Waals surface area contributed by atoms with E-state index in [9.17, 15) is 19.2 Å². The Morgan fingerprint density at radius 1 is 1.15 bits per heavy atom. The summed E-state index contributed by atoms with van der Waals surface area (Å²) in [6.07, 6.45) is 0. The Hall–Kier alpha value is -3.77. The molecule has 0 radical (unpaired) electrons. The third-order valence-electron chi connectivity index (χ3n) is 4.70. The van der Waals surface area contributed by atoms with E-state index >= 15 is 0 Å². The van der Waals surface area contributed by atoms with Crippen LogP contribution in [0, 0.1) is 0 Å². The van der Waals surface area contributed by atoms with Crippen molar-refractivity contribution in [2.75, 3.05) is 18.9 Å². The number of ether oxygens (including phenoxy) is 1. The summed E-state index contributed by atoms with van der Waals surface area (Å²) >= 11 is 2.01. The zero-order valence-corrected chi connectivity index (χ0v) is 19.9. The molecule has 0 aliphatic heterocycles. The first-order valence-corrected chi connectivity index (χ1v) is 11.8. The quantitative estimate of drug-likeness (QED) is 0.358. The first-order chi connectivity index (χ1) is 16.3. The summed E-state index contributed by atoms with van der Waals surface area (Å²) in [6, 6.07) is 11.5. The number of hydrogen-bond acceptors (Lipinski definition) is 9. The summed E-state index contributed by atoms with van der Waals surface area (Å²) in [4.78, 5) is 52.3. The Labute approximate surface area is 203 Å². The van der Waals surface area contributed by atoms with Gasteiger partial charge in [-0.15, -0.1) is 11.3 Å². The Bertz CT molecular complexity index is 1160. The van der Waals surface area contributed by atoms with Crippen LogP contribution in [0.4, 0.5) is 5.69 Å². The number of rotatable bonds is 10. The molecule has 3 amide bonds. The van der Waals surface area contributed by atoms with Crippen LogP contribution in [0.25, 0.3) is 0 Å². The van der Waals surface area contributed by atoms with Gasteiger partial charge in [0.25, 0.3) is 11.8 Å². The number of primary amides is 1. The highest BCUT2D eigenvalue weighted by Crippen LogP contribution is 2.32. The third-order valence-corrected chi connectivity index (χ3v) is 6.47. The maximum atomic E-state index is 13.7. The molecule has 1 aromatic carbocycles. The maximum Gasteiger partial charge on any atom is 0.325 e. The number of aromatic nitrogens is 1. The van der Waals surface area contributed by atoms with Crippen molar-refractivity contribution in [3.63, 3.8) is 0 Å². The van der Waals surface area contributed by atoms with Crippen molar-refractivity contribution in [2.24, 2.45) is 5.73 Å². The number of carbonyl (C=O) groups is 4. The minimum Gasteiger partial charge on any atom is -0.465 e. The van der Waals surface area contributed by atoms with E-state index in [0.29, 0.717) is 4.88 Å². The fourth-order valence-corrected chi connectivity index (χ4v) is 4.76. The van der Waals surface area contributed by atoms with Crippen LogP contribution in [-0.2, 0) is 20.9 Å². The van der Waals surface area contributed by atoms with Gasteiger partial charge in [0.05, 0.1) is 12.3 Å². The summed E-state index contributed by atoms with van der Waals surface area (Å²) in [7, 11) is 0. The van der Waals surface area contributed by atoms with Crippen molar-refractivity contribution in [3.8, 4) is 0 Å². The standard InChI is InChI=1S/C22H23N5O5S2/c1-2-32-15(28)11-25-21(30)18(14-9-6-10-33-14)27(12-13-7-4-3-5-8-13)22(31)19-16(23)17(20(24)29)26-34-19/h3-10,18H,2,11-12,23H2,1H3,(H2,24,29)(H,25,30)/t18-/m1/s1. The lowest BCUT2D eigenvalue weighted by atomic mass is 10.1. The van der Waals surface area contributed by atoms with E-state index in [1.807, 2.05) is 30.3 Å². The van der Waals surface area contributed by atoms with E-state index in [1.165, 1.54) is 16.2 Å². The van der Waals surface area contributed by atoms with Gasteiger partial charge in [0.2, 0.25) is 5.91 Å². The number of nitrogens with one attached hydrogen (secondary N) is 1. The van der Waals surface area contributed by atoms with Gasteiger partial charge in [0.15, 0.2) is 5.69 Å². The van der Waals surface area contributed by atoms with Crippen molar-refractivity contribution in [3.05, 3.63) is 68.9 Å². The Morgan fingerprint density at radius 2 is 1.88 bits per heavy atom. The first kappa shape index (κ1) is 24.9. The second kappa shape index (κ2) is 11.4. The summed E-state index contributed by atoms with van der Waals surface area (Å²) in [5.41, 5.74) is 11.7. The second-order valence-corrected chi connectivity index (χ2v) is 8.75. The smallest absolute Gasteiger partial charge is 0.325 e. The minimum absolute atomic E-state index is 0.00974. The van der Waals surface area contributed by atoms with E-state index in [0.717, 1.165) is 17.1 Å². The predicted molar refractivity (Wildman–Crippen MR) is 128 cm³/mol. The first-order valence-electron chi connectivity index (χ1n) is 10.2. The molecule has 0 unspecified atom stereocenters. The number of thiophene rings is 1. The van der Waals surface area contributed by atoms with E-state index in [-0.39, 0.29) is 36.0 Å². The van der Waals surface area contributed by atoms with E-state index < -0.39 is 29.7 Å². The fourth-order valence-electron chi connectivity index (χ4n) is 3.16. The molecular weight excluding hydrogens is 478 g/mol. The molecule has 0 fully saturated rings. The van der Waals surface area contributed by atoms with Crippen molar-refractivity contribution >= 4 is 52.2 Å². The molecule has 178 valence electrons. The summed E-state index contributed by atoms with van der Waals surface area (Å²) < 4.78 is 8.79. The second-order valence-electron chi connectivity index (χ2n) is 7.00. The molecule has 0 aliphatic carbocycles. The summed E-state index contributed by atoms with van der Waals surface area (Å²) in [5.74, 6) is -2.63. The average molecular weight is 502 g/mol. The number of esters is 1. The van der Waals surface area contributed by atoms with Crippen LogP contribution in [0.2, 0.25) is 0 Å². The summed E-state index contributed by atoms with van der Waals surface area (Å²) in [6.45, 7) is 1.54. The molecule has 3 aromatic rings. The number of nitrogen functional groups attached to an aromatic ring is 1. The van der Waals surface area contributed by atoms with Crippen LogP contribution >= 0.6 is 22.9 Å². The number of nitrogens with zero attached hydrogens (tertiary/aromatic N) is 2. The average Bonchev–Trinajstić information content (AvgIpc) is 3.48. The van der Waals surface area contributed by atoms with Crippen LogP contribution in [0.1, 0.15) is 43.6 Å². The van der Waals surface area contributed by atoms with Crippen molar-refractivity contribution in [1.29, 1.82) is 0 Å². The zero-order valence-electron chi connectivity index (χ0n) is 18.2. The topological polar surface area (TPSA) is 158 Å². The number of benzene rings is 1. The molecule has 0 saturated carbocycles. The number of carbonyl (C=O) groups excluding carboxylic acids is 4. The highest BCUT2D eigenvalue weighted by Gasteiger charge is 2.35. The van der Waals surface area contributed by atoms with Gasteiger partial charge in [-0.2, -0.15) is 4.37 Å². The molecule has 34 heavy (non-hydrogen) atoms. The lowest BCUT2D eigenvalue weighted by Crippen LogP contribution is -2.44. The van der Waals surface area contributed by atoms with Gasteiger partial charge in [-0.3, -0.25) is 19.2 Å². The monoisotopic (exact) mass is 501 g/mol.